The third kappa shape index (κ3) is 1.27. The Hall–Kier alpha value is -0.770. The second-order valence-electron chi connectivity index (χ2n) is 2.74. The molecule has 4 heteroatoms. The van der Waals surface area contributed by atoms with Crippen LogP contribution < -0.4 is 0 Å². The van der Waals surface area contributed by atoms with Crippen LogP contribution in [-0.4, -0.2) is 29.0 Å². The van der Waals surface area contributed by atoms with Crippen molar-refractivity contribution in [2.75, 3.05) is 12.3 Å². The first-order valence-electron chi connectivity index (χ1n) is 3.74. The molecule has 12 heavy (non-hydrogen) atoms. The molecular weight excluding hydrogens is 174 g/mol. The van der Waals surface area contributed by atoms with Crippen molar-refractivity contribution in [3.8, 4) is 0 Å². The second-order valence-corrected chi connectivity index (χ2v) is 3.18. The van der Waals surface area contributed by atoms with Crippen LogP contribution in [0.5, 0.6) is 0 Å². The monoisotopic (exact) mass is 185 g/mol. The summed E-state index contributed by atoms with van der Waals surface area (Å²) >= 11 is 3.97. The molecule has 0 aliphatic carbocycles. The van der Waals surface area contributed by atoms with Crippen LogP contribution >= 0.6 is 12.6 Å². The minimum atomic E-state index is -0.174. The van der Waals surface area contributed by atoms with Gasteiger partial charge in [-0.15, -0.1) is 0 Å². The molecule has 1 aliphatic rings. The summed E-state index contributed by atoms with van der Waals surface area (Å²) in [6.45, 7) is 3.75. The highest BCUT2D eigenvalue weighted by molar-refractivity contribution is 7.80. The van der Waals surface area contributed by atoms with E-state index in [0.29, 0.717) is 23.4 Å². The van der Waals surface area contributed by atoms with E-state index in [9.17, 15) is 9.59 Å². The van der Waals surface area contributed by atoms with Gasteiger partial charge in [-0.05, 0) is 13.8 Å². The van der Waals surface area contributed by atoms with E-state index in [1.165, 1.54) is 4.90 Å². The minimum Gasteiger partial charge on any atom is -0.274 e. The van der Waals surface area contributed by atoms with Crippen LogP contribution in [0.2, 0.25) is 0 Å². The molecule has 0 unspecified atom stereocenters. The van der Waals surface area contributed by atoms with Gasteiger partial charge in [0.25, 0.3) is 11.8 Å². The van der Waals surface area contributed by atoms with Crippen molar-refractivity contribution < 1.29 is 9.59 Å². The van der Waals surface area contributed by atoms with Crippen LogP contribution in [0.25, 0.3) is 0 Å². The first kappa shape index (κ1) is 9.32. The topological polar surface area (TPSA) is 37.4 Å². The third-order valence-electron chi connectivity index (χ3n) is 2.02. The van der Waals surface area contributed by atoms with Crippen LogP contribution in [0, 0.1) is 0 Å². The number of hydrogen-bond donors (Lipinski definition) is 1. The van der Waals surface area contributed by atoms with Gasteiger partial charge in [0.1, 0.15) is 0 Å². The van der Waals surface area contributed by atoms with Gasteiger partial charge < -0.3 is 0 Å². The third-order valence-corrected chi connectivity index (χ3v) is 2.22. The number of rotatable bonds is 2. The average Bonchev–Trinajstić information content (AvgIpc) is 2.23. The molecule has 1 aliphatic heterocycles. The summed E-state index contributed by atoms with van der Waals surface area (Å²) in [5.74, 6) is 0.163. The van der Waals surface area contributed by atoms with E-state index in [0.717, 1.165) is 0 Å². The maximum atomic E-state index is 11.3. The predicted octanol–water partition coefficient (Wildman–Crippen LogP) is 0.621. The maximum Gasteiger partial charge on any atom is 0.256 e. The van der Waals surface area contributed by atoms with Crippen molar-refractivity contribution in [3.63, 3.8) is 0 Å². The van der Waals surface area contributed by atoms with Crippen molar-refractivity contribution in [3.05, 3.63) is 11.1 Å². The van der Waals surface area contributed by atoms with Crippen molar-refractivity contribution in [1.82, 2.24) is 4.90 Å². The average molecular weight is 185 g/mol. The molecule has 0 aromatic carbocycles. The second kappa shape index (κ2) is 3.31. The van der Waals surface area contributed by atoms with Gasteiger partial charge >= 0.3 is 0 Å². The molecule has 0 N–H and O–H groups in total. The highest BCUT2D eigenvalue weighted by Gasteiger charge is 2.32. The molecule has 0 atom stereocenters. The van der Waals surface area contributed by atoms with Gasteiger partial charge in [0.05, 0.1) is 0 Å². The summed E-state index contributed by atoms with van der Waals surface area (Å²) in [5.41, 5.74) is 1.11. The molecule has 0 fully saturated rings. The number of nitrogens with zero attached hydrogens (tertiary/aromatic N) is 1. The molecule has 0 aromatic rings. The van der Waals surface area contributed by atoms with Crippen LogP contribution in [0.1, 0.15) is 13.8 Å². The Balaban J connectivity index is 2.88. The molecule has 0 radical (unpaired) electrons. The summed E-state index contributed by atoms with van der Waals surface area (Å²) in [6, 6.07) is 0. The standard InChI is InChI=1S/C8H11NO2S/c1-5-6(2)8(11)9(3-4-12)7(5)10/h12H,3-4H2,1-2H3. The highest BCUT2D eigenvalue weighted by Crippen LogP contribution is 2.18. The normalized spacial score (nSPS) is 18.1. The molecule has 0 saturated heterocycles. The fourth-order valence-corrected chi connectivity index (χ4v) is 1.32. The van der Waals surface area contributed by atoms with E-state index in [1.54, 1.807) is 13.8 Å². The largest absolute Gasteiger partial charge is 0.274 e. The van der Waals surface area contributed by atoms with E-state index < -0.39 is 0 Å². The van der Waals surface area contributed by atoms with Gasteiger partial charge in [-0.2, -0.15) is 12.6 Å². The Kier molecular flexibility index (Phi) is 2.57. The zero-order chi connectivity index (χ0) is 9.30. The van der Waals surface area contributed by atoms with Gasteiger partial charge in [0.2, 0.25) is 0 Å². The lowest BCUT2D eigenvalue weighted by molar-refractivity contribution is -0.137. The van der Waals surface area contributed by atoms with Gasteiger partial charge in [-0.25, -0.2) is 0 Å². The Labute approximate surface area is 76.8 Å². The Morgan fingerprint density at radius 1 is 1.17 bits per heavy atom. The molecule has 0 saturated carbocycles. The number of imide groups is 1. The lowest BCUT2D eigenvalue weighted by Gasteiger charge is -2.12. The highest BCUT2D eigenvalue weighted by atomic mass is 32.1. The fraction of sp³-hybridized carbons (Fsp3) is 0.500. The SMILES string of the molecule is CC1=C(C)C(=O)N(CCS)C1=O. The van der Waals surface area contributed by atoms with Crippen molar-refractivity contribution >= 4 is 24.4 Å². The molecule has 66 valence electrons. The number of carbonyl (C=O) groups excluding carboxylic acids is 2. The fourth-order valence-electron chi connectivity index (χ4n) is 1.12. The van der Waals surface area contributed by atoms with Crippen LogP contribution in [0.15, 0.2) is 11.1 Å². The summed E-state index contributed by atoms with van der Waals surface area (Å²) in [5, 5.41) is 0. The van der Waals surface area contributed by atoms with Crippen LogP contribution in [-0.2, 0) is 9.59 Å². The minimum absolute atomic E-state index is 0.174. The summed E-state index contributed by atoms with van der Waals surface area (Å²) < 4.78 is 0. The van der Waals surface area contributed by atoms with Gasteiger partial charge in [-0.3, -0.25) is 14.5 Å². The predicted molar refractivity (Wildman–Crippen MR) is 48.9 cm³/mol. The Morgan fingerprint density at radius 2 is 1.58 bits per heavy atom. The Morgan fingerprint density at radius 3 is 1.92 bits per heavy atom. The summed E-state index contributed by atoms with van der Waals surface area (Å²) in [4.78, 5) is 23.9. The van der Waals surface area contributed by atoms with Crippen molar-refractivity contribution in [2.24, 2.45) is 0 Å². The van der Waals surface area contributed by atoms with Crippen LogP contribution in [0.4, 0.5) is 0 Å². The van der Waals surface area contributed by atoms with E-state index in [-0.39, 0.29) is 11.8 Å². The molecule has 1 rings (SSSR count). The zero-order valence-electron chi connectivity index (χ0n) is 7.13. The van der Waals surface area contributed by atoms with E-state index in [1.807, 2.05) is 0 Å². The van der Waals surface area contributed by atoms with Gasteiger partial charge in [-0.1, -0.05) is 0 Å². The quantitative estimate of drug-likeness (QED) is 0.506. The molecule has 3 nitrogen and oxygen atoms in total. The molecule has 1 heterocycles. The van der Waals surface area contributed by atoms with Crippen molar-refractivity contribution in [1.29, 1.82) is 0 Å². The number of amides is 2. The van der Waals surface area contributed by atoms with E-state index in [4.69, 9.17) is 0 Å². The number of hydrogen-bond acceptors (Lipinski definition) is 3. The first-order valence-corrected chi connectivity index (χ1v) is 4.37. The van der Waals surface area contributed by atoms with Gasteiger partial charge in [0, 0.05) is 23.4 Å². The smallest absolute Gasteiger partial charge is 0.256 e. The van der Waals surface area contributed by atoms with E-state index in [2.05, 4.69) is 12.6 Å². The lowest BCUT2D eigenvalue weighted by atomic mass is 10.2. The Bertz CT molecular complexity index is 246. The number of thiol groups is 1. The molecule has 0 bridgehead atoms. The van der Waals surface area contributed by atoms with Crippen LogP contribution in [0.3, 0.4) is 0 Å². The summed E-state index contributed by atoms with van der Waals surface area (Å²) in [7, 11) is 0. The van der Waals surface area contributed by atoms with E-state index >= 15 is 0 Å². The molecular formula is C8H11NO2S. The maximum absolute atomic E-state index is 11.3. The lowest BCUT2D eigenvalue weighted by Crippen LogP contribution is -2.33. The molecule has 0 aromatic heterocycles. The summed E-state index contributed by atoms with van der Waals surface area (Å²) in [6.07, 6.45) is 0. The molecule has 0 spiro atoms. The first-order chi connectivity index (χ1) is 5.59. The zero-order valence-corrected chi connectivity index (χ0v) is 8.02. The van der Waals surface area contributed by atoms with Gasteiger partial charge in [0.15, 0.2) is 0 Å². The van der Waals surface area contributed by atoms with Crippen molar-refractivity contribution in [2.45, 2.75) is 13.8 Å². The number of carbonyl (C=O) groups is 2. The molecule has 2 amide bonds.